The quantitative estimate of drug-likeness (QED) is 0.393. The Morgan fingerprint density at radius 3 is 2.17 bits per heavy atom. The normalized spacial score (nSPS) is 12.4. The van der Waals surface area contributed by atoms with E-state index in [2.05, 4.69) is 5.32 Å². The lowest BCUT2D eigenvalue weighted by atomic mass is 10.1. The summed E-state index contributed by atoms with van der Waals surface area (Å²) in [7, 11) is -3.86. The van der Waals surface area contributed by atoms with Gasteiger partial charge in [-0.1, -0.05) is 61.6 Å². The van der Waals surface area contributed by atoms with Crippen LogP contribution in [0, 0.1) is 12.8 Å². The van der Waals surface area contributed by atoms with Crippen molar-refractivity contribution in [1.82, 2.24) is 10.2 Å². The maximum absolute atomic E-state index is 13.7. The molecule has 2 amide bonds. The molecule has 0 aliphatic carbocycles. The number of carbonyl (C=O) groups is 2. The van der Waals surface area contributed by atoms with Crippen LogP contribution in [0.25, 0.3) is 0 Å². The molecule has 36 heavy (non-hydrogen) atoms. The average molecular weight is 577 g/mol. The lowest BCUT2D eigenvalue weighted by Gasteiger charge is -2.33. The molecule has 0 saturated carbocycles. The minimum atomic E-state index is -3.86. The Morgan fingerprint density at radius 1 is 1.06 bits per heavy atom. The fourth-order valence-corrected chi connectivity index (χ4v) is 5.34. The second-order valence-corrected chi connectivity index (χ2v) is 12.1. The Bertz CT molecular complexity index is 1180. The molecule has 0 aliphatic rings. The van der Waals surface area contributed by atoms with Crippen molar-refractivity contribution in [1.29, 1.82) is 0 Å². The molecule has 0 radical (unpaired) electrons. The fraction of sp³-hybridized carbons (Fsp3) is 0.440. The zero-order chi connectivity index (χ0) is 27.2. The SMILES string of the molecule is CCC(C(=O)NCC(C)C)N(Cc1c(Cl)cccc1Cl)C(=O)CN(c1ccc(Cl)cc1C)S(C)(=O)=O. The monoisotopic (exact) mass is 575 g/mol. The number of hydrogen-bond donors (Lipinski definition) is 1. The van der Waals surface area contributed by atoms with Crippen LogP contribution in [-0.2, 0) is 26.2 Å². The van der Waals surface area contributed by atoms with E-state index in [1.807, 2.05) is 13.8 Å². The molecule has 1 N–H and O–H groups in total. The molecular formula is C25H32Cl3N3O4S. The number of hydrogen-bond acceptors (Lipinski definition) is 4. The van der Waals surface area contributed by atoms with E-state index >= 15 is 0 Å². The summed E-state index contributed by atoms with van der Waals surface area (Å²) in [5.41, 5.74) is 1.38. The summed E-state index contributed by atoms with van der Waals surface area (Å²) in [6, 6.07) is 8.83. The van der Waals surface area contributed by atoms with E-state index in [1.165, 1.54) is 4.90 Å². The van der Waals surface area contributed by atoms with Crippen molar-refractivity contribution in [3.05, 3.63) is 62.6 Å². The van der Waals surface area contributed by atoms with Gasteiger partial charge in [0, 0.05) is 33.7 Å². The molecule has 1 atom stereocenters. The average Bonchev–Trinajstić information content (AvgIpc) is 2.77. The maximum Gasteiger partial charge on any atom is 0.244 e. The van der Waals surface area contributed by atoms with Crippen LogP contribution in [0.4, 0.5) is 5.69 Å². The highest BCUT2D eigenvalue weighted by Gasteiger charge is 2.33. The highest BCUT2D eigenvalue weighted by atomic mass is 35.5. The van der Waals surface area contributed by atoms with Gasteiger partial charge in [0.1, 0.15) is 12.6 Å². The number of sulfonamides is 1. The van der Waals surface area contributed by atoms with Gasteiger partial charge in [0.05, 0.1) is 11.9 Å². The molecule has 198 valence electrons. The van der Waals surface area contributed by atoms with Gasteiger partial charge in [-0.25, -0.2) is 8.42 Å². The van der Waals surface area contributed by atoms with E-state index in [1.54, 1.807) is 50.2 Å². The number of rotatable bonds is 11. The number of benzene rings is 2. The third kappa shape index (κ3) is 8.00. The molecule has 0 aliphatic heterocycles. The summed E-state index contributed by atoms with van der Waals surface area (Å²) in [6.45, 7) is 7.27. The Hall–Kier alpha value is -2.00. The molecule has 0 saturated heterocycles. The van der Waals surface area contributed by atoms with Gasteiger partial charge < -0.3 is 10.2 Å². The second-order valence-electron chi connectivity index (χ2n) is 8.99. The number of halogens is 3. The Kier molecular flexibility index (Phi) is 10.9. The Balaban J connectivity index is 2.51. The molecule has 2 rings (SSSR count). The molecule has 0 fully saturated rings. The van der Waals surface area contributed by atoms with E-state index < -0.39 is 28.5 Å². The summed E-state index contributed by atoms with van der Waals surface area (Å²) in [6.07, 6.45) is 1.33. The van der Waals surface area contributed by atoms with Crippen molar-refractivity contribution in [3.63, 3.8) is 0 Å². The minimum Gasteiger partial charge on any atom is -0.354 e. The number of nitrogens with zero attached hydrogens (tertiary/aromatic N) is 2. The number of anilines is 1. The molecule has 0 spiro atoms. The van der Waals surface area contributed by atoms with Crippen LogP contribution in [0.5, 0.6) is 0 Å². The topological polar surface area (TPSA) is 86.8 Å². The standard InChI is InChI=1S/C25H32Cl3N3O4S/c1-6-22(25(33)29-13-16(2)3)30(14-19-20(27)8-7-9-21(19)28)24(32)15-31(36(5,34)35)23-11-10-18(26)12-17(23)4/h7-12,16,22H,6,13-15H2,1-5H3,(H,29,33). The third-order valence-corrected chi connectivity index (χ3v) is 7.64. The predicted molar refractivity (Wildman–Crippen MR) is 147 cm³/mol. The molecule has 0 heterocycles. The van der Waals surface area contributed by atoms with Gasteiger partial charge in [0.25, 0.3) is 0 Å². The van der Waals surface area contributed by atoms with Crippen LogP contribution >= 0.6 is 34.8 Å². The number of amides is 2. The van der Waals surface area contributed by atoms with Crippen molar-refractivity contribution in [2.75, 3.05) is 23.7 Å². The van der Waals surface area contributed by atoms with Crippen molar-refractivity contribution < 1.29 is 18.0 Å². The first-order chi connectivity index (χ1) is 16.8. The zero-order valence-corrected chi connectivity index (χ0v) is 24.1. The lowest BCUT2D eigenvalue weighted by Crippen LogP contribution is -2.52. The van der Waals surface area contributed by atoms with Gasteiger partial charge >= 0.3 is 0 Å². The molecule has 7 nitrogen and oxygen atoms in total. The molecule has 1 unspecified atom stereocenters. The van der Waals surface area contributed by atoms with Gasteiger partial charge in [-0.05, 0) is 55.2 Å². The number of nitrogens with one attached hydrogen (secondary N) is 1. The highest BCUT2D eigenvalue weighted by Crippen LogP contribution is 2.29. The first-order valence-electron chi connectivity index (χ1n) is 11.5. The van der Waals surface area contributed by atoms with Gasteiger partial charge in [-0.15, -0.1) is 0 Å². The zero-order valence-electron chi connectivity index (χ0n) is 21.0. The Morgan fingerprint density at radius 2 is 1.67 bits per heavy atom. The van der Waals surface area contributed by atoms with Crippen LogP contribution in [0.15, 0.2) is 36.4 Å². The summed E-state index contributed by atoms with van der Waals surface area (Å²) in [4.78, 5) is 28.2. The number of aryl methyl sites for hydroxylation is 1. The van der Waals surface area contributed by atoms with Crippen LogP contribution in [0.3, 0.4) is 0 Å². The van der Waals surface area contributed by atoms with E-state index in [4.69, 9.17) is 34.8 Å². The summed E-state index contributed by atoms with van der Waals surface area (Å²) in [5, 5.41) is 3.99. The summed E-state index contributed by atoms with van der Waals surface area (Å²) >= 11 is 18.8. The fourth-order valence-electron chi connectivity index (χ4n) is 3.69. The maximum atomic E-state index is 13.7. The van der Waals surface area contributed by atoms with Crippen LogP contribution in [-0.4, -0.2) is 50.5 Å². The summed E-state index contributed by atoms with van der Waals surface area (Å²) < 4.78 is 26.5. The number of carbonyl (C=O) groups excluding carboxylic acids is 2. The van der Waals surface area contributed by atoms with Crippen molar-refractivity contribution in [3.8, 4) is 0 Å². The van der Waals surface area contributed by atoms with E-state index in [-0.39, 0.29) is 18.4 Å². The largest absolute Gasteiger partial charge is 0.354 e. The molecular weight excluding hydrogens is 545 g/mol. The van der Waals surface area contributed by atoms with E-state index in [0.717, 1.165) is 10.6 Å². The lowest BCUT2D eigenvalue weighted by molar-refractivity contribution is -0.140. The first-order valence-corrected chi connectivity index (χ1v) is 14.5. The Labute approximate surface area is 228 Å². The summed E-state index contributed by atoms with van der Waals surface area (Å²) in [5.74, 6) is -0.698. The van der Waals surface area contributed by atoms with Gasteiger partial charge in [-0.2, -0.15) is 0 Å². The third-order valence-electron chi connectivity index (χ3n) is 5.57. The van der Waals surface area contributed by atoms with Gasteiger partial charge in [-0.3, -0.25) is 13.9 Å². The molecule has 0 aromatic heterocycles. The molecule has 0 bridgehead atoms. The van der Waals surface area contributed by atoms with Crippen molar-refractivity contribution in [2.45, 2.75) is 46.7 Å². The highest BCUT2D eigenvalue weighted by molar-refractivity contribution is 7.92. The van der Waals surface area contributed by atoms with E-state index in [0.29, 0.717) is 44.8 Å². The van der Waals surface area contributed by atoms with Gasteiger partial charge in [0.2, 0.25) is 21.8 Å². The molecule has 11 heteroatoms. The van der Waals surface area contributed by atoms with Crippen LogP contribution in [0.2, 0.25) is 15.1 Å². The van der Waals surface area contributed by atoms with Crippen molar-refractivity contribution >= 4 is 62.3 Å². The molecule has 2 aromatic carbocycles. The van der Waals surface area contributed by atoms with Crippen molar-refractivity contribution in [2.24, 2.45) is 5.92 Å². The van der Waals surface area contributed by atoms with Crippen LogP contribution < -0.4 is 9.62 Å². The first kappa shape index (κ1) is 30.2. The molecule has 2 aromatic rings. The van der Waals surface area contributed by atoms with Crippen LogP contribution in [0.1, 0.15) is 38.3 Å². The predicted octanol–water partition coefficient (Wildman–Crippen LogP) is 5.30. The van der Waals surface area contributed by atoms with E-state index in [9.17, 15) is 18.0 Å². The van der Waals surface area contributed by atoms with Gasteiger partial charge in [0.15, 0.2) is 0 Å². The smallest absolute Gasteiger partial charge is 0.244 e. The minimum absolute atomic E-state index is 0.0673. The second kappa shape index (κ2) is 13.0.